The molecule has 3 nitrogen and oxygen atoms in total. The van der Waals surface area contributed by atoms with Crippen LogP contribution in [0.3, 0.4) is 0 Å². The number of thiazole rings is 1. The summed E-state index contributed by atoms with van der Waals surface area (Å²) in [6.07, 6.45) is 3.37. The number of aryl methyl sites for hydroxylation is 1. The quantitative estimate of drug-likeness (QED) is 0.712. The highest BCUT2D eigenvalue weighted by Crippen LogP contribution is 2.20. The van der Waals surface area contributed by atoms with Gasteiger partial charge in [0.1, 0.15) is 0 Å². The number of halogens is 2. The summed E-state index contributed by atoms with van der Waals surface area (Å²) >= 11 is 1.57. The van der Waals surface area contributed by atoms with Gasteiger partial charge in [0.15, 0.2) is 11.6 Å². The van der Waals surface area contributed by atoms with Gasteiger partial charge in [0.25, 0.3) is 0 Å². The van der Waals surface area contributed by atoms with Crippen LogP contribution in [0.15, 0.2) is 24.7 Å². The zero-order valence-electron chi connectivity index (χ0n) is 9.52. The van der Waals surface area contributed by atoms with Crippen molar-refractivity contribution in [3.8, 4) is 0 Å². The Hall–Kier alpha value is -1.82. The molecular formula is C12H9F2N3S. The second-order valence-corrected chi connectivity index (χ2v) is 5.29. The highest BCUT2D eigenvalue weighted by atomic mass is 32.1. The third-order valence-corrected chi connectivity index (χ3v) is 3.56. The molecule has 1 aromatic carbocycles. The number of rotatable bonds is 2. The van der Waals surface area contributed by atoms with Gasteiger partial charge in [0.2, 0.25) is 0 Å². The average molecular weight is 265 g/mol. The van der Waals surface area contributed by atoms with E-state index in [0.29, 0.717) is 17.6 Å². The minimum Gasteiger partial charge on any atom is -0.325 e. The fraction of sp³-hybridized carbons (Fsp3) is 0.167. The van der Waals surface area contributed by atoms with Crippen LogP contribution in [0.1, 0.15) is 9.88 Å². The highest BCUT2D eigenvalue weighted by molar-refractivity contribution is 7.11. The van der Waals surface area contributed by atoms with Crippen LogP contribution in [-0.2, 0) is 6.54 Å². The van der Waals surface area contributed by atoms with Crippen LogP contribution in [0, 0.1) is 18.6 Å². The molecule has 2 aromatic heterocycles. The third-order valence-electron chi connectivity index (χ3n) is 2.66. The summed E-state index contributed by atoms with van der Waals surface area (Å²) in [7, 11) is 0. The van der Waals surface area contributed by atoms with Crippen molar-refractivity contribution in [1.29, 1.82) is 0 Å². The number of nitrogens with zero attached hydrogens (tertiary/aromatic N) is 3. The van der Waals surface area contributed by atoms with Crippen molar-refractivity contribution in [2.75, 3.05) is 0 Å². The number of hydrogen-bond acceptors (Lipinski definition) is 3. The molecule has 18 heavy (non-hydrogen) atoms. The number of fused-ring (bicyclic) bond motifs is 1. The Bertz CT molecular complexity index is 717. The molecule has 0 fully saturated rings. The monoisotopic (exact) mass is 265 g/mol. The Labute approximate surface area is 106 Å². The second-order valence-electron chi connectivity index (χ2n) is 3.97. The Kier molecular flexibility index (Phi) is 2.59. The van der Waals surface area contributed by atoms with Crippen molar-refractivity contribution in [3.63, 3.8) is 0 Å². The Balaban J connectivity index is 2.04. The molecule has 0 saturated heterocycles. The first kappa shape index (κ1) is 11.3. The largest absolute Gasteiger partial charge is 0.325 e. The van der Waals surface area contributed by atoms with Gasteiger partial charge in [0.05, 0.1) is 28.9 Å². The molecule has 3 rings (SSSR count). The number of benzene rings is 1. The summed E-state index contributed by atoms with van der Waals surface area (Å²) in [5.74, 6) is -1.73. The Morgan fingerprint density at radius 2 is 2.00 bits per heavy atom. The van der Waals surface area contributed by atoms with Crippen LogP contribution in [0.2, 0.25) is 0 Å². The maximum absolute atomic E-state index is 13.2. The maximum atomic E-state index is 13.2. The van der Waals surface area contributed by atoms with Crippen LogP contribution < -0.4 is 0 Å². The molecule has 2 heterocycles. The van der Waals surface area contributed by atoms with E-state index in [9.17, 15) is 8.78 Å². The van der Waals surface area contributed by atoms with Gasteiger partial charge in [-0.1, -0.05) is 0 Å². The molecule has 0 unspecified atom stereocenters. The van der Waals surface area contributed by atoms with E-state index >= 15 is 0 Å². The summed E-state index contributed by atoms with van der Waals surface area (Å²) in [6, 6.07) is 2.28. The minimum absolute atomic E-state index is 0.454. The number of imidazole rings is 1. The molecule has 92 valence electrons. The molecule has 0 spiro atoms. The smallest absolute Gasteiger partial charge is 0.161 e. The standard InChI is InChI=1S/C12H9F2N3S/c1-7-15-4-8(18-7)5-17-6-16-11-2-9(13)10(14)3-12(11)17/h2-4,6H,5H2,1H3. The van der Waals surface area contributed by atoms with Gasteiger partial charge >= 0.3 is 0 Å². The van der Waals surface area contributed by atoms with Gasteiger partial charge in [-0.25, -0.2) is 18.7 Å². The van der Waals surface area contributed by atoms with E-state index < -0.39 is 11.6 Å². The van der Waals surface area contributed by atoms with Gasteiger partial charge in [-0.2, -0.15) is 0 Å². The fourth-order valence-corrected chi connectivity index (χ4v) is 2.62. The molecule has 0 aliphatic heterocycles. The molecule has 0 aliphatic carbocycles. The van der Waals surface area contributed by atoms with Crippen molar-refractivity contribution in [2.45, 2.75) is 13.5 Å². The Morgan fingerprint density at radius 3 is 2.72 bits per heavy atom. The summed E-state index contributed by atoms with van der Waals surface area (Å²) in [5, 5.41) is 0.978. The zero-order valence-corrected chi connectivity index (χ0v) is 10.3. The van der Waals surface area contributed by atoms with E-state index in [-0.39, 0.29) is 0 Å². The average Bonchev–Trinajstić information content (AvgIpc) is 2.89. The van der Waals surface area contributed by atoms with Gasteiger partial charge in [0, 0.05) is 23.2 Å². The third kappa shape index (κ3) is 1.88. The normalized spacial score (nSPS) is 11.3. The first-order valence-electron chi connectivity index (χ1n) is 5.34. The molecular weight excluding hydrogens is 256 g/mol. The van der Waals surface area contributed by atoms with Crippen molar-refractivity contribution in [1.82, 2.24) is 14.5 Å². The Morgan fingerprint density at radius 1 is 1.22 bits per heavy atom. The van der Waals surface area contributed by atoms with E-state index in [1.165, 1.54) is 6.07 Å². The van der Waals surface area contributed by atoms with Gasteiger partial charge in [-0.3, -0.25) is 0 Å². The molecule has 0 amide bonds. The van der Waals surface area contributed by atoms with E-state index in [2.05, 4.69) is 9.97 Å². The molecule has 0 atom stereocenters. The predicted molar refractivity (Wildman–Crippen MR) is 65.6 cm³/mol. The summed E-state index contributed by atoms with van der Waals surface area (Å²) in [5.41, 5.74) is 1.04. The minimum atomic E-state index is -0.874. The lowest BCUT2D eigenvalue weighted by molar-refractivity contribution is 0.510. The lowest BCUT2D eigenvalue weighted by atomic mass is 10.3. The van der Waals surface area contributed by atoms with Crippen LogP contribution in [0.4, 0.5) is 8.78 Å². The van der Waals surface area contributed by atoms with Crippen molar-refractivity contribution >= 4 is 22.4 Å². The fourth-order valence-electron chi connectivity index (χ4n) is 1.83. The van der Waals surface area contributed by atoms with Gasteiger partial charge in [-0.15, -0.1) is 11.3 Å². The first-order chi connectivity index (χ1) is 8.63. The summed E-state index contributed by atoms with van der Waals surface area (Å²) in [4.78, 5) is 9.28. The zero-order chi connectivity index (χ0) is 12.7. The van der Waals surface area contributed by atoms with E-state index in [1.807, 2.05) is 6.92 Å². The van der Waals surface area contributed by atoms with Crippen molar-refractivity contribution in [3.05, 3.63) is 46.2 Å². The molecule has 0 N–H and O–H groups in total. The number of hydrogen-bond donors (Lipinski definition) is 0. The first-order valence-corrected chi connectivity index (χ1v) is 6.16. The lowest BCUT2D eigenvalue weighted by Gasteiger charge is -2.01. The van der Waals surface area contributed by atoms with E-state index in [0.717, 1.165) is 16.0 Å². The van der Waals surface area contributed by atoms with Gasteiger partial charge in [-0.05, 0) is 6.92 Å². The van der Waals surface area contributed by atoms with Crippen molar-refractivity contribution in [2.24, 2.45) is 0 Å². The summed E-state index contributed by atoms with van der Waals surface area (Å²) in [6.45, 7) is 2.49. The molecule has 0 saturated carbocycles. The van der Waals surface area contributed by atoms with E-state index in [1.54, 1.807) is 28.4 Å². The second kappa shape index (κ2) is 4.13. The highest BCUT2D eigenvalue weighted by Gasteiger charge is 2.10. The van der Waals surface area contributed by atoms with Crippen LogP contribution in [0.25, 0.3) is 11.0 Å². The molecule has 0 bridgehead atoms. The molecule has 0 radical (unpaired) electrons. The molecule has 0 aliphatic rings. The molecule has 6 heteroatoms. The van der Waals surface area contributed by atoms with E-state index in [4.69, 9.17) is 0 Å². The van der Waals surface area contributed by atoms with Crippen molar-refractivity contribution < 1.29 is 8.78 Å². The van der Waals surface area contributed by atoms with Gasteiger partial charge < -0.3 is 4.57 Å². The maximum Gasteiger partial charge on any atom is 0.161 e. The SMILES string of the molecule is Cc1ncc(Cn2cnc3cc(F)c(F)cc32)s1. The lowest BCUT2D eigenvalue weighted by Crippen LogP contribution is -1.96. The number of aromatic nitrogens is 3. The molecule has 3 aromatic rings. The topological polar surface area (TPSA) is 30.7 Å². The predicted octanol–water partition coefficient (Wildman–Crippen LogP) is 3.13. The van der Waals surface area contributed by atoms with Crippen LogP contribution >= 0.6 is 11.3 Å². The van der Waals surface area contributed by atoms with Crippen LogP contribution in [-0.4, -0.2) is 14.5 Å². The van der Waals surface area contributed by atoms with Crippen LogP contribution in [0.5, 0.6) is 0 Å². The summed E-state index contributed by atoms with van der Waals surface area (Å²) < 4.78 is 28.1.